The molecule has 1 aliphatic carbocycles. The van der Waals surface area contributed by atoms with Crippen LogP contribution in [0.2, 0.25) is 0 Å². The van der Waals surface area contributed by atoms with Crippen LogP contribution in [0.5, 0.6) is 11.5 Å². The largest absolute Gasteiger partial charge is 0.465 e. The Morgan fingerprint density at radius 2 is 2.16 bits per heavy atom. The molecule has 0 unspecified atom stereocenters. The van der Waals surface area contributed by atoms with Crippen LogP contribution in [0.4, 0.5) is 0 Å². The Bertz CT molecular complexity index is 844. The predicted molar refractivity (Wildman–Crippen MR) is 91.5 cm³/mol. The van der Waals surface area contributed by atoms with Gasteiger partial charge >= 0.3 is 5.97 Å². The number of aryl methyl sites for hydroxylation is 1. The number of aromatic nitrogens is 2. The second kappa shape index (κ2) is 6.98. The smallest absolute Gasteiger partial charge is 0.327 e. The SMILES string of the molecule is CCOC(=O)Cn1nc(C2CC2)c(Oc2ccc(C#N)c(C)c2)c1C. The van der Waals surface area contributed by atoms with E-state index in [1.54, 1.807) is 23.7 Å². The van der Waals surface area contributed by atoms with E-state index in [1.807, 2.05) is 19.9 Å². The molecule has 0 radical (unpaired) electrons. The van der Waals surface area contributed by atoms with Crippen molar-refractivity contribution in [1.82, 2.24) is 9.78 Å². The van der Waals surface area contributed by atoms with Crippen molar-refractivity contribution >= 4 is 5.97 Å². The molecule has 1 heterocycles. The lowest BCUT2D eigenvalue weighted by atomic mass is 10.1. The van der Waals surface area contributed by atoms with Crippen LogP contribution in [0.3, 0.4) is 0 Å². The molecular formula is C19H21N3O3. The normalized spacial score (nSPS) is 13.4. The maximum absolute atomic E-state index is 11.8. The molecule has 25 heavy (non-hydrogen) atoms. The number of nitriles is 1. The second-order valence-electron chi connectivity index (χ2n) is 6.23. The van der Waals surface area contributed by atoms with Crippen molar-refractivity contribution < 1.29 is 14.3 Å². The zero-order chi connectivity index (χ0) is 18.0. The van der Waals surface area contributed by atoms with E-state index in [9.17, 15) is 4.79 Å². The molecule has 0 saturated heterocycles. The van der Waals surface area contributed by atoms with Gasteiger partial charge in [-0.1, -0.05) is 0 Å². The first-order valence-corrected chi connectivity index (χ1v) is 8.45. The van der Waals surface area contributed by atoms with E-state index in [0.29, 0.717) is 29.6 Å². The van der Waals surface area contributed by atoms with Crippen LogP contribution in [0.25, 0.3) is 0 Å². The van der Waals surface area contributed by atoms with Crippen LogP contribution in [0.1, 0.15) is 48.2 Å². The summed E-state index contributed by atoms with van der Waals surface area (Å²) in [5, 5.41) is 13.6. The molecule has 0 amide bonds. The summed E-state index contributed by atoms with van der Waals surface area (Å²) in [6.45, 7) is 5.98. The summed E-state index contributed by atoms with van der Waals surface area (Å²) in [6, 6.07) is 7.53. The molecule has 0 atom stereocenters. The Balaban J connectivity index is 1.89. The second-order valence-corrected chi connectivity index (χ2v) is 6.23. The Kier molecular flexibility index (Phi) is 4.75. The minimum atomic E-state index is -0.309. The summed E-state index contributed by atoms with van der Waals surface area (Å²) >= 11 is 0. The number of hydrogen-bond acceptors (Lipinski definition) is 5. The van der Waals surface area contributed by atoms with Crippen LogP contribution in [-0.2, 0) is 16.1 Å². The Morgan fingerprint density at radius 1 is 1.40 bits per heavy atom. The lowest BCUT2D eigenvalue weighted by Crippen LogP contribution is -2.15. The highest BCUT2D eigenvalue weighted by molar-refractivity contribution is 5.69. The molecule has 2 aromatic rings. The molecule has 1 fully saturated rings. The Morgan fingerprint density at radius 3 is 2.76 bits per heavy atom. The molecule has 3 rings (SSSR count). The third-order valence-electron chi connectivity index (χ3n) is 4.26. The fourth-order valence-electron chi connectivity index (χ4n) is 2.73. The van der Waals surface area contributed by atoms with Gasteiger partial charge in [-0.05, 0) is 57.4 Å². The Labute approximate surface area is 147 Å². The highest BCUT2D eigenvalue weighted by Crippen LogP contribution is 2.45. The van der Waals surface area contributed by atoms with Gasteiger partial charge in [0.05, 0.1) is 23.9 Å². The van der Waals surface area contributed by atoms with Gasteiger partial charge in [-0.3, -0.25) is 9.48 Å². The molecule has 6 heteroatoms. The maximum atomic E-state index is 11.8. The zero-order valence-electron chi connectivity index (χ0n) is 14.7. The fourth-order valence-corrected chi connectivity index (χ4v) is 2.73. The lowest BCUT2D eigenvalue weighted by Gasteiger charge is -2.09. The summed E-state index contributed by atoms with van der Waals surface area (Å²) in [7, 11) is 0. The standard InChI is InChI=1S/C19H21N3O3/c1-4-24-17(23)11-22-13(3)19(18(21-22)14-5-6-14)25-16-8-7-15(10-20)12(2)9-16/h7-9,14H,4-6,11H2,1-3H3. The molecule has 0 bridgehead atoms. The van der Waals surface area contributed by atoms with Crippen molar-refractivity contribution in [2.75, 3.05) is 6.61 Å². The molecule has 1 aromatic heterocycles. The molecule has 0 aliphatic heterocycles. The monoisotopic (exact) mass is 339 g/mol. The van der Waals surface area contributed by atoms with Gasteiger partial charge in [-0.15, -0.1) is 0 Å². The number of benzene rings is 1. The van der Waals surface area contributed by atoms with Gasteiger partial charge in [-0.2, -0.15) is 10.4 Å². The van der Waals surface area contributed by atoms with Crippen molar-refractivity contribution in [1.29, 1.82) is 5.26 Å². The third-order valence-corrected chi connectivity index (χ3v) is 4.26. The molecule has 0 spiro atoms. The average Bonchev–Trinajstić information content (AvgIpc) is 3.37. The van der Waals surface area contributed by atoms with Gasteiger partial charge in [0.2, 0.25) is 0 Å². The number of ether oxygens (including phenoxy) is 2. The van der Waals surface area contributed by atoms with E-state index in [4.69, 9.17) is 14.7 Å². The molecule has 6 nitrogen and oxygen atoms in total. The highest BCUT2D eigenvalue weighted by atomic mass is 16.5. The van der Waals surface area contributed by atoms with E-state index < -0.39 is 0 Å². The molecule has 1 saturated carbocycles. The molecule has 1 aromatic carbocycles. The molecule has 1 aliphatic rings. The molecular weight excluding hydrogens is 318 g/mol. The number of rotatable bonds is 6. The molecule has 130 valence electrons. The van der Waals surface area contributed by atoms with Crippen molar-refractivity contribution in [2.45, 2.75) is 46.1 Å². The van der Waals surface area contributed by atoms with Crippen LogP contribution < -0.4 is 4.74 Å². The fraction of sp³-hybridized carbons (Fsp3) is 0.421. The number of esters is 1. The molecule has 0 N–H and O–H groups in total. The first-order valence-electron chi connectivity index (χ1n) is 8.45. The predicted octanol–water partition coefficient (Wildman–Crippen LogP) is 3.60. The van der Waals surface area contributed by atoms with Crippen LogP contribution in [-0.4, -0.2) is 22.4 Å². The van der Waals surface area contributed by atoms with Gasteiger partial charge in [0.1, 0.15) is 18.0 Å². The van der Waals surface area contributed by atoms with E-state index in [2.05, 4.69) is 11.2 Å². The van der Waals surface area contributed by atoms with Crippen molar-refractivity contribution in [3.05, 3.63) is 40.7 Å². The van der Waals surface area contributed by atoms with Crippen molar-refractivity contribution in [2.24, 2.45) is 0 Å². The first kappa shape index (κ1) is 17.0. The highest BCUT2D eigenvalue weighted by Gasteiger charge is 2.32. The van der Waals surface area contributed by atoms with Gasteiger partial charge in [0.15, 0.2) is 5.75 Å². The third kappa shape index (κ3) is 3.66. The van der Waals surface area contributed by atoms with Gasteiger partial charge < -0.3 is 9.47 Å². The summed E-state index contributed by atoms with van der Waals surface area (Å²) < 4.78 is 12.8. The van der Waals surface area contributed by atoms with E-state index in [-0.39, 0.29) is 12.5 Å². The first-order chi connectivity index (χ1) is 12.0. The van der Waals surface area contributed by atoms with Crippen molar-refractivity contribution in [3.8, 4) is 17.6 Å². The number of carbonyl (C=O) groups excluding carboxylic acids is 1. The lowest BCUT2D eigenvalue weighted by molar-refractivity contribution is -0.144. The van der Waals surface area contributed by atoms with Gasteiger partial charge in [0, 0.05) is 5.92 Å². The van der Waals surface area contributed by atoms with Crippen LogP contribution in [0.15, 0.2) is 18.2 Å². The van der Waals surface area contributed by atoms with Gasteiger partial charge in [0.25, 0.3) is 0 Å². The topological polar surface area (TPSA) is 77.1 Å². The number of carbonyl (C=O) groups is 1. The maximum Gasteiger partial charge on any atom is 0.327 e. The van der Waals surface area contributed by atoms with E-state index in [0.717, 1.165) is 29.8 Å². The van der Waals surface area contributed by atoms with Crippen LogP contribution >= 0.6 is 0 Å². The Hall–Kier alpha value is -2.81. The average molecular weight is 339 g/mol. The summed E-state index contributed by atoms with van der Waals surface area (Å²) in [5.74, 6) is 1.45. The van der Waals surface area contributed by atoms with Crippen molar-refractivity contribution in [3.63, 3.8) is 0 Å². The van der Waals surface area contributed by atoms with E-state index >= 15 is 0 Å². The summed E-state index contributed by atoms with van der Waals surface area (Å²) in [5.41, 5.74) is 3.19. The van der Waals surface area contributed by atoms with Gasteiger partial charge in [-0.25, -0.2) is 0 Å². The summed E-state index contributed by atoms with van der Waals surface area (Å²) in [4.78, 5) is 11.8. The number of nitrogens with zero attached hydrogens (tertiary/aromatic N) is 3. The minimum absolute atomic E-state index is 0.0785. The summed E-state index contributed by atoms with van der Waals surface area (Å²) in [6.07, 6.45) is 2.16. The van der Waals surface area contributed by atoms with Crippen LogP contribution in [0, 0.1) is 25.2 Å². The minimum Gasteiger partial charge on any atom is -0.465 e. The number of hydrogen-bond donors (Lipinski definition) is 0. The van der Waals surface area contributed by atoms with E-state index in [1.165, 1.54) is 0 Å². The quantitative estimate of drug-likeness (QED) is 0.751. The zero-order valence-corrected chi connectivity index (χ0v) is 14.7.